The van der Waals surface area contributed by atoms with Crippen LogP contribution < -0.4 is 0 Å². The minimum Gasteiger partial charge on any atom is -0.356 e. The molecule has 1 aromatic heterocycles. The van der Waals surface area contributed by atoms with Crippen LogP contribution in [0.15, 0.2) is 48.5 Å². The van der Waals surface area contributed by atoms with E-state index in [-0.39, 0.29) is 11.9 Å². The van der Waals surface area contributed by atoms with E-state index in [1.165, 1.54) is 4.90 Å². The molecule has 2 aliphatic heterocycles. The number of carbonyl (C=O) groups is 2. The normalized spacial score (nSPS) is 20.6. The summed E-state index contributed by atoms with van der Waals surface area (Å²) in [6, 6.07) is 15.4. The highest BCUT2D eigenvalue weighted by Crippen LogP contribution is 2.44. The Hall–Kier alpha value is -3.08. The van der Waals surface area contributed by atoms with E-state index in [1.54, 1.807) is 4.90 Å². The van der Waals surface area contributed by atoms with E-state index >= 15 is 0 Å². The number of imide groups is 1. The molecule has 5 heteroatoms. The summed E-state index contributed by atoms with van der Waals surface area (Å²) in [6.45, 7) is 6.38. The highest BCUT2D eigenvalue weighted by molar-refractivity contribution is 6.05. The Morgan fingerprint density at radius 2 is 1.79 bits per heavy atom. The molecule has 0 radical (unpaired) electrons. The number of nitrogens with one attached hydrogen (secondary N) is 1. The lowest BCUT2D eigenvalue weighted by atomic mass is 9.85. The molecule has 5 rings (SSSR count). The molecule has 28 heavy (non-hydrogen) atoms. The molecule has 3 heterocycles. The highest BCUT2D eigenvalue weighted by atomic mass is 16.2. The number of carbonyl (C=O) groups excluding carboxylic acids is 2. The molecular formula is C23H23N3O2. The van der Waals surface area contributed by atoms with Crippen molar-refractivity contribution >= 4 is 22.8 Å². The first-order chi connectivity index (χ1) is 13.4. The Bertz CT molecular complexity index is 1130. The molecular weight excluding hydrogens is 350 g/mol. The van der Waals surface area contributed by atoms with Crippen molar-refractivity contribution < 1.29 is 9.59 Å². The van der Waals surface area contributed by atoms with Crippen LogP contribution in [-0.2, 0) is 23.3 Å². The van der Waals surface area contributed by atoms with Crippen molar-refractivity contribution in [2.45, 2.75) is 45.3 Å². The summed E-state index contributed by atoms with van der Waals surface area (Å²) in [5.74, 6) is -0.0998. The van der Waals surface area contributed by atoms with Gasteiger partial charge in [-0.3, -0.25) is 9.69 Å². The third-order valence-corrected chi connectivity index (χ3v) is 6.31. The molecule has 1 atom stereocenters. The standard InChI is InChI=1S/C23H23N3O2/c1-14-8-4-5-9-15(14)13-25-21(27)19-12-17-16-10-6-7-11-18(16)24-20(17)23(2,3)26(19)22(25)28/h4-11,19,24H,12-13H2,1-3H3/t19-/m0/s1. The van der Waals surface area contributed by atoms with Gasteiger partial charge in [0.25, 0.3) is 5.91 Å². The van der Waals surface area contributed by atoms with E-state index in [0.717, 1.165) is 33.3 Å². The largest absolute Gasteiger partial charge is 0.356 e. The van der Waals surface area contributed by atoms with Gasteiger partial charge in [-0.2, -0.15) is 0 Å². The number of hydrogen-bond acceptors (Lipinski definition) is 2. The van der Waals surface area contributed by atoms with E-state index in [4.69, 9.17) is 0 Å². The number of aryl methyl sites for hydroxylation is 1. The third kappa shape index (κ3) is 2.19. The Kier molecular flexibility index (Phi) is 3.48. The van der Waals surface area contributed by atoms with Crippen molar-refractivity contribution in [2.75, 3.05) is 0 Å². The van der Waals surface area contributed by atoms with Gasteiger partial charge in [0.05, 0.1) is 12.1 Å². The number of aromatic nitrogens is 1. The fraction of sp³-hybridized carbons (Fsp3) is 0.304. The number of benzene rings is 2. The van der Waals surface area contributed by atoms with Gasteiger partial charge in [-0.1, -0.05) is 42.5 Å². The number of hydrogen-bond donors (Lipinski definition) is 1. The number of aromatic amines is 1. The monoisotopic (exact) mass is 373 g/mol. The van der Waals surface area contributed by atoms with Gasteiger partial charge >= 0.3 is 6.03 Å². The van der Waals surface area contributed by atoms with Crippen molar-refractivity contribution in [1.29, 1.82) is 0 Å². The average molecular weight is 373 g/mol. The number of fused-ring (bicyclic) bond motifs is 4. The van der Waals surface area contributed by atoms with Gasteiger partial charge in [-0.05, 0) is 43.5 Å². The number of rotatable bonds is 2. The Morgan fingerprint density at radius 1 is 1.07 bits per heavy atom. The van der Waals surface area contributed by atoms with Crippen molar-refractivity contribution in [3.63, 3.8) is 0 Å². The molecule has 1 saturated heterocycles. The SMILES string of the molecule is Cc1ccccc1CN1C(=O)[C@@H]2Cc3c([nH]c4ccccc34)C(C)(C)N2C1=O. The smallest absolute Gasteiger partial charge is 0.328 e. The van der Waals surface area contributed by atoms with E-state index in [0.29, 0.717) is 13.0 Å². The van der Waals surface area contributed by atoms with Crippen LogP contribution in [-0.4, -0.2) is 32.8 Å². The molecule has 0 saturated carbocycles. The van der Waals surface area contributed by atoms with E-state index in [1.807, 2.05) is 63.2 Å². The zero-order valence-corrected chi connectivity index (χ0v) is 16.3. The first-order valence-corrected chi connectivity index (χ1v) is 9.69. The summed E-state index contributed by atoms with van der Waals surface area (Å²) in [5.41, 5.74) is 4.75. The maximum absolute atomic E-state index is 13.3. The van der Waals surface area contributed by atoms with Crippen LogP contribution in [0, 0.1) is 6.92 Å². The maximum atomic E-state index is 13.3. The third-order valence-electron chi connectivity index (χ3n) is 6.31. The van der Waals surface area contributed by atoms with Crippen molar-refractivity contribution in [1.82, 2.24) is 14.8 Å². The van der Waals surface area contributed by atoms with Crippen molar-refractivity contribution in [3.05, 3.63) is 70.9 Å². The zero-order chi connectivity index (χ0) is 19.6. The van der Waals surface area contributed by atoms with Gasteiger partial charge in [0.1, 0.15) is 6.04 Å². The van der Waals surface area contributed by atoms with Gasteiger partial charge in [0, 0.05) is 23.0 Å². The first-order valence-electron chi connectivity index (χ1n) is 9.69. The van der Waals surface area contributed by atoms with Gasteiger partial charge in [-0.15, -0.1) is 0 Å². The lowest BCUT2D eigenvalue weighted by Crippen LogP contribution is -2.52. The van der Waals surface area contributed by atoms with E-state index in [9.17, 15) is 9.59 Å². The fourth-order valence-corrected chi connectivity index (χ4v) is 4.81. The maximum Gasteiger partial charge on any atom is 0.328 e. The minimum absolute atomic E-state index is 0.0998. The van der Waals surface area contributed by atoms with Crippen LogP contribution in [0.25, 0.3) is 10.9 Å². The fourth-order valence-electron chi connectivity index (χ4n) is 4.81. The Balaban J connectivity index is 1.57. The Morgan fingerprint density at radius 3 is 2.57 bits per heavy atom. The van der Waals surface area contributed by atoms with Crippen LogP contribution in [0.4, 0.5) is 4.79 Å². The number of H-pyrrole nitrogens is 1. The summed E-state index contributed by atoms with van der Waals surface area (Å²) in [4.78, 5) is 33.3. The molecule has 1 fully saturated rings. The van der Waals surface area contributed by atoms with Gasteiger partial charge in [0.2, 0.25) is 0 Å². The lowest BCUT2D eigenvalue weighted by Gasteiger charge is -2.42. The molecule has 3 aromatic rings. The second-order valence-electron chi connectivity index (χ2n) is 8.31. The van der Waals surface area contributed by atoms with Crippen LogP contribution in [0.2, 0.25) is 0 Å². The lowest BCUT2D eigenvalue weighted by molar-refractivity contribution is -0.129. The summed E-state index contributed by atoms with van der Waals surface area (Å²) in [6.07, 6.45) is 0.553. The average Bonchev–Trinajstić information content (AvgIpc) is 3.16. The van der Waals surface area contributed by atoms with Gasteiger partial charge < -0.3 is 9.88 Å². The Labute approximate surface area is 163 Å². The molecule has 0 bridgehead atoms. The number of para-hydroxylation sites is 1. The molecule has 5 nitrogen and oxygen atoms in total. The number of nitrogens with zero attached hydrogens (tertiary/aromatic N) is 2. The summed E-state index contributed by atoms with van der Waals surface area (Å²) in [5, 5.41) is 1.14. The minimum atomic E-state index is -0.579. The molecule has 2 aromatic carbocycles. The van der Waals surface area contributed by atoms with Crippen molar-refractivity contribution in [3.8, 4) is 0 Å². The first kappa shape index (κ1) is 17.0. The molecule has 0 spiro atoms. The van der Waals surface area contributed by atoms with Crippen LogP contribution >= 0.6 is 0 Å². The predicted molar refractivity (Wildman–Crippen MR) is 108 cm³/mol. The van der Waals surface area contributed by atoms with Crippen LogP contribution in [0.5, 0.6) is 0 Å². The molecule has 142 valence electrons. The van der Waals surface area contributed by atoms with E-state index in [2.05, 4.69) is 11.1 Å². The summed E-state index contributed by atoms with van der Waals surface area (Å²) >= 11 is 0. The van der Waals surface area contributed by atoms with Gasteiger partial charge in [0.15, 0.2) is 0 Å². The number of amides is 3. The highest BCUT2D eigenvalue weighted by Gasteiger charge is 2.55. The molecule has 3 amide bonds. The second-order valence-corrected chi connectivity index (χ2v) is 8.31. The topological polar surface area (TPSA) is 56.4 Å². The summed E-state index contributed by atoms with van der Waals surface area (Å²) < 4.78 is 0. The van der Waals surface area contributed by atoms with Crippen LogP contribution in [0.1, 0.15) is 36.2 Å². The summed E-state index contributed by atoms with van der Waals surface area (Å²) in [7, 11) is 0. The van der Waals surface area contributed by atoms with Gasteiger partial charge in [-0.25, -0.2) is 4.79 Å². The van der Waals surface area contributed by atoms with Crippen LogP contribution in [0.3, 0.4) is 0 Å². The molecule has 0 unspecified atom stereocenters. The zero-order valence-electron chi connectivity index (χ0n) is 16.3. The second kappa shape index (κ2) is 5.71. The molecule has 0 aliphatic carbocycles. The molecule has 2 aliphatic rings. The van der Waals surface area contributed by atoms with E-state index < -0.39 is 11.6 Å². The predicted octanol–water partition coefficient (Wildman–Crippen LogP) is 4.10. The van der Waals surface area contributed by atoms with Crippen molar-refractivity contribution in [2.24, 2.45) is 0 Å². The quantitative estimate of drug-likeness (QED) is 0.688. The molecule has 1 N–H and O–H groups in total. The number of urea groups is 1.